The Balaban J connectivity index is 1.48. The van der Waals surface area contributed by atoms with Gasteiger partial charge in [-0.3, -0.25) is 9.36 Å². The van der Waals surface area contributed by atoms with E-state index in [2.05, 4.69) is 16.2 Å². The molecule has 0 aliphatic heterocycles. The molecule has 0 atom stereocenters. The third kappa shape index (κ3) is 4.14. The Morgan fingerprint density at radius 3 is 2.53 bits per heavy atom. The number of thioether (sulfide) groups is 1. The zero-order valence-corrected chi connectivity index (χ0v) is 18.8. The van der Waals surface area contributed by atoms with Gasteiger partial charge in [0, 0.05) is 5.56 Å². The molecule has 34 heavy (non-hydrogen) atoms. The molecule has 9 heteroatoms. The summed E-state index contributed by atoms with van der Waals surface area (Å²) < 4.78 is 12.1. The SMILES string of the molecule is COc1ccc(-c2noc(CSc3nc4ccccc4c(=O)n3-c3ccc(C#N)cc3)n2)cc1. The van der Waals surface area contributed by atoms with Gasteiger partial charge in [-0.25, -0.2) is 4.98 Å². The molecule has 5 rings (SSSR count). The Hall–Kier alpha value is -4.42. The quantitative estimate of drug-likeness (QED) is 0.263. The van der Waals surface area contributed by atoms with E-state index in [-0.39, 0.29) is 5.56 Å². The Bertz CT molecular complexity index is 1570. The van der Waals surface area contributed by atoms with Crippen molar-refractivity contribution in [3.05, 3.63) is 94.6 Å². The van der Waals surface area contributed by atoms with Gasteiger partial charge in [-0.15, -0.1) is 0 Å². The van der Waals surface area contributed by atoms with Crippen molar-refractivity contribution in [3.8, 4) is 28.9 Å². The van der Waals surface area contributed by atoms with E-state index in [4.69, 9.17) is 19.5 Å². The fourth-order valence-corrected chi connectivity index (χ4v) is 4.27. The molecule has 0 saturated heterocycles. The van der Waals surface area contributed by atoms with Gasteiger partial charge in [0.1, 0.15) is 5.75 Å². The number of nitrogens with zero attached hydrogens (tertiary/aromatic N) is 5. The molecule has 166 valence electrons. The van der Waals surface area contributed by atoms with Gasteiger partial charge in [0.15, 0.2) is 5.16 Å². The highest BCUT2D eigenvalue weighted by molar-refractivity contribution is 7.98. The molecule has 5 aromatic rings. The summed E-state index contributed by atoms with van der Waals surface area (Å²) in [5.41, 5.74) is 2.34. The zero-order valence-electron chi connectivity index (χ0n) is 18.0. The smallest absolute Gasteiger partial charge is 0.266 e. The van der Waals surface area contributed by atoms with Crippen LogP contribution >= 0.6 is 11.8 Å². The van der Waals surface area contributed by atoms with E-state index in [0.717, 1.165) is 11.3 Å². The summed E-state index contributed by atoms with van der Waals surface area (Å²) in [5.74, 6) is 1.94. The van der Waals surface area contributed by atoms with Crippen LogP contribution < -0.4 is 10.3 Å². The van der Waals surface area contributed by atoms with E-state index >= 15 is 0 Å². The van der Waals surface area contributed by atoms with Gasteiger partial charge in [-0.2, -0.15) is 10.2 Å². The Morgan fingerprint density at radius 1 is 1.03 bits per heavy atom. The maximum Gasteiger partial charge on any atom is 0.266 e. The van der Waals surface area contributed by atoms with Crippen molar-refractivity contribution in [2.45, 2.75) is 10.9 Å². The van der Waals surface area contributed by atoms with Crippen LogP contribution in [0.5, 0.6) is 5.75 Å². The summed E-state index contributed by atoms with van der Waals surface area (Å²) in [4.78, 5) is 22.5. The van der Waals surface area contributed by atoms with Crippen LogP contribution in [0.1, 0.15) is 11.5 Å². The van der Waals surface area contributed by atoms with Gasteiger partial charge in [0.2, 0.25) is 11.7 Å². The van der Waals surface area contributed by atoms with Gasteiger partial charge < -0.3 is 9.26 Å². The maximum atomic E-state index is 13.3. The van der Waals surface area contributed by atoms with Crippen LogP contribution in [-0.4, -0.2) is 26.8 Å². The number of para-hydroxylation sites is 1. The Morgan fingerprint density at radius 2 is 1.79 bits per heavy atom. The molecule has 0 spiro atoms. The van der Waals surface area contributed by atoms with Crippen LogP contribution in [0.3, 0.4) is 0 Å². The van der Waals surface area contributed by atoms with E-state index in [9.17, 15) is 4.79 Å². The van der Waals surface area contributed by atoms with E-state index in [1.165, 1.54) is 16.3 Å². The van der Waals surface area contributed by atoms with Gasteiger partial charge in [0.05, 0.1) is 41.1 Å². The minimum absolute atomic E-state index is 0.192. The van der Waals surface area contributed by atoms with Crippen LogP contribution in [0.2, 0.25) is 0 Å². The maximum absolute atomic E-state index is 13.3. The zero-order chi connectivity index (χ0) is 23.5. The monoisotopic (exact) mass is 467 g/mol. The number of benzene rings is 3. The molecule has 0 saturated carbocycles. The highest BCUT2D eigenvalue weighted by Crippen LogP contribution is 2.26. The number of hydrogen-bond acceptors (Lipinski definition) is 8. The van der Waals surface area contributed by atoms with E-state index < -0.39 is 0 Å². The minimum Gasteiger partial charge on any atom is -0.497 e. The van der Waals surface area contributed by atoms with Crippen molar-refractivity contribution in [2.75, 3.05) is 7.11 Å². The molecule has 0 aliphatic carbocycles. The molecule has 8 nitrogen and oxygen atoms in total. The first-order valence-corrected chi connectivity index (χ1v) is 11.3. The normalized spacial score (nSPS) is 10.8. The molecular weight excluding hydrogens is 450 g/mol. The molecule has 2 heterocycles. The van der Waals surface area contributed by atoms with Crippen molar-refractivity contribution >= 4 is 22.7 Å². The van der Waals surface area contributed by atoms with Crippen LogP contribution in [-0.2, 0) is 5.75 Å². The molecular formula is C25H17N5O3S. The summed E-state index contributed by atoms with van der Waals surface area (Å²) >= 11 is 1.32. The molecule has 3 aromatic carbocycles. The summed E-state index contributed by atoms with van der Waals surface area (Å²) in [6, 6.07) is 23.5. The molecule has 0 amide bonds. The second-order valence-corrected chi connectivity index (χ2v) is 8.18. The van der Waals surface area contributed by atoms with Gasteiger partial charge in [-0.1, -0.05) is 29.1 Å². The fourth-order valence-electron chi connectivity index (χ4n) is 3.42. The van der Waals surface area contributed by atoms with Crippen LogP contribution in [0.15, 0.2) is 87.3 Å². The predicted molar refractivity (Wildman–Crippen MR) is 128 cm³/mol. The molecule has 0 N–H and O–H groups in total. The van der Waals surface area contributed by atoms with Crippen LogP contribution in [0.4, 0.5) is 0 Å². The number of aromatic nitrogens is 4. The van der Waals surface area contributed by atoms with Crippen molar-refractivity contribution in [1.29, 1.82) is 5.26 Å². The number of rotatable bonds is 6. The third-order valence-corrected chi connectivity index (χ3v) is 6.06. The van der Waals surface area contributed by atoms with Crippen LogP contribution in [0, 0.1) is 11.3 Å². The molecule has 0 bridgehead atoms. The number of hydrogen-bond donors (Lipinski definition) is 0. The predicted octanol–water partition coefficient (Wildman–Crippen LogP) is 4.61. The second kappa shape index (κ2) is 9.21. The van der Waals surface area contributed by atoms with Crippen molar-refractivity contribution in [3.63, 3.8) is 0 Å². The summed E-state index contributed by atoms with van der Waals surface area (Å²) in [6.07, 6.45) is 0. The van der Waals surface area contributed by atoms with E-state index in [1.54, 1.807) is 49.6 Å². The van der Waals surface area contributed by atoms with E-state index in [0.29, 0.717) is 44.8 Å². The van der Waals surface area contributed by atoms with Crippen LogP contribution in [0.25, 0.3) is 28.0 Å². The largest absolute Gasteiger partial charge is 0.497 e. The number of methoxy groups -OCH3 is 1. The summed E-state index contributed by atoms with van der Waals surface area (Å²) in [6.45, 7) is 0. The molecule has 0 aliphatic rings. The lowest BCUT2D eigenvalue weighted by atomic mass is 10.2. The lowest BCUT2D eigenvalue weighted by Crippen LogP contribution is -2.21. The number of fused-ring (bicyclic) bond motifs is 1. The van der Waals surface area contributed by atoms with Crippen molar-refractivity contribution < 1.29 is 9.26 Å². The highest BCUT2D eigenvalue weighted by Gasteiger charge is 2.16. The lowest BCUT2D eigenvalue weighted by molar-refractivity contribution is 0.391. The molecule has 0 fully saturated rings. The Kier molecular flexibility index (Phi) is 5.81. The van der Waals surface area contributed by atoms with Gasteiger partial charge in [-0.05, 0) is 60.7 Å². The molecule has 0 unspecified atom stereocenters. The summed E-state index contributed by atoms with van der Waals surface area (Å²) in [7, 11) is 1.61. The van der Waals surface area contributed by atoms with Crippen molar-refractivity contribution in [1.82, 2.24) is 19.7 Å². The number of ether oxygens (including phenoxy) is 1. The third-order valence-electron chi connectivity index (χ3n) is 5.14. The topological polar surface area (TPSA) is 107 Å². The van der Waals surface area contributed by atoms with E-state index in [1.807, 2.05) is 30.3 Å². The first-order valence-electron chi connectivity index (χ1n) is 10.3. The second-order valence-electron chi connectivity index (χ2n) is 7.24. The van der Waals surface area contributed by atoms with Gasteiger partial charge in [0.25, 0.3) is 5.56 Å². The fraction of sp³-hybridized carbons (Fsp3) is 0.0800. The minimum atomic E-state index is -0.192. The first kappa shape index (κ1) is 21.4. The average Bonchev–Trinajstić information content (AvgIpc) is 3.37. The van der Waals surface area contributed by atoms with Gasteiger partial charge >= 0.3 is 0 Å². The molecule has 0 radical (unpaired) electrons. The van der Waals surface area contributed by atoms with Crippen molar-refractivity contribution in [2.24, 2.45) is 0 Å². The standard InChI is InChI=1S/C25H17N5O3S/c1-32-19-12-8-17(9-13-19)23-28-22(33-29-23)15-34-25-27-21-5-3-2-4-20(21)24(31)30(25)18-10-6-16(14-26)7-11-18/h2-13H,15H2,1H3. The highest BCUT2D eigenvalue weighted by atomic mass is 32.2. The summed E-state index contributed by atoms with van der Waals surface area (Å²) in [5, 5.41) is 14.2. The average molecular weight is 468 g/mol. The first-order chi connectivity index (χ1) is 16.7. The molecule has 2 aromatic heterocycles. The lowest BCUT2D eigenvalue weighted by Gasteiger charge is -2.12. The Labute approximate surface area is 198 Å². The number of nitriles is 1.